The Morgan fingerprint density at radius 3 is 2.82 bits per heavy atom. The van der Waals surface area contributed by atoms with Crippen LogP contribution in [0.3, 0.4) is 0 Å². The molecule has 2 rings (SSSR count). The Labute approximate surface area is 101 Å². The van der Waals surface area contributed by atoms with Gasteiger partial charge in [-0.2, -0.15) is 0 Å². The van der Waals surface area contributed by atoms with Gasteiger partial charge < -0.3 is 5.32 Å². The quantitative estimate of drug-likeness (QED) is 0.851. The van der Waals surface area contributed by atoms with Crippen LogP contribution in [-0.4, -0.2) is 12.6 Å². The molecule has 1 atom stereocenters. The van der Waals surface area contributed by atoms with Crippen LogP contribution in [-0.2, 0) is 12.3 Å². The second-order valence-electron chi connectivity index (χ2n) is 4.94. The predicted octanol–water partition coefficient (Wildman–Crippen LogP) is 3.48. The average molecular weight is 239 g/mol. The van der Waals surface area contributed by atoms with Gasteiger partial charge in [-0.3, -0.25) is 0 Å². The molecule has 1 fully saturated rings. The van der Waals surface area contributed by atoms with Crippen LogP contribution in [0.2, 0.25) is 0 Å². The van der Waals surface area contributed by atoms with Crippen molar-refractivity contribution < 1.29 is 8.78 Å². The Bertz CT molecular complexity index is 365. The maximum atomic E-state index is 13.2. The molecule has 94 valence electrons. The van der Waals surface area contributed by atoms with Gasteiger partial charge in [0, 0.05) is 18.5 Å². The summed E-state index contributed by atoms with van der Waals surface area (Å²) < 4.78 is 26.4. The zero-order valence-electron chi connectivity index (χ0n) is 10.2. The second-order valence-corrected chi connectivity index (χ2v) is 4.94. The molecule has 3 heteroatoms. The van der Waals surface area contributed by atoms with Crippen molar-refractivity contribution in [1.29, 1.82) is 0 Å². The Morgan fingerprint density at radius 2 is 2.18 bits per heavy atom. The van der Waals surface area contributed by atoms with Gasteiger partial charge in [-0.05, 0) is 37.4 Å². The van der Waals surface area contributed by atoms with Crippen molar-refractivity contribution in [2.45, 2.75) is 44.6 Å². The van der Waals surface area contributed by atoms with Crippen molar-refractivity contribution in [3.8, 4) is 0 Å². The van der Waals surface area contributed by atoms with Gasteiger partial charge in [0.2, 0.25) is 0 Å². The van der Waals surface area contributed by atoms with Crippen molar-refractivity contribution in [2.75, 3.05) is 6.54 Å². The Hall–Kier alpha value is -0.960. The summed E-state index contributed by atoms with van der Waals surface area (Å²) in [5.41, 5.74) is 1.12. The minimum absolute atomic E-state index is 0.116. The van der Waals surface area contributed by atoms with E-state index in [1.54, 1.807) is 12.1 Å². The Balaban J connectivity index is 2.05. The molecule has 1 unspecified atom stereocenters. The lowest BCUT2D eigenvalue weighted by Crippen LogP contribution is -2.35. The van der Waals surface area contributed by atoms with Crippen LogP contribution in [0.5, 0.6) is 0 Å². The fourth-order valence-corrected chi connectivity index (χ4v) is 2.35. The minimum atomic E-state index is -2.74. The summed E-state index contributed by atoms with van der Waals surface area (Å²) in [6, 6.07) is 7.24. The number of benzene rings is 1. The monoisotopic (exact) mass is 239 g/mol. The van der Waals surface area contributed by atoms with Crippen LogP contribution in [0.4, 0.5) is 8.78 Å². The fraction of sp³-hybridized carbons (Fsp3) is 0.571. The lowest BCUT2D eigenvalue weighted by Gasteiger charge is -2.23. The predicted molar refractivity (Wildman–Crippen MR) is 65.4 cm³/mol. The molecule has 1 aromatic carbocycles. The highest BCUT2D eigenvalue weighted by atomic mass is 19.3. The van der Waals surface area contributed by atoms with Crippen LogP contribution in [0.15, 0.2) is 24.3 Å². The third-order valence-electron chi connectivity index (χ3n) is 3.33. The van der Waals surface area contributed by atoms with E-state index in [4.69, 9.17) is 0 Å². The number of hydrogen-bond acceptors (Lipinski definition) is 1. The molecule has 1 aliphatic heterocycles. The summed E-state index contributed by atoms with van der Waals surface area (Å²) >= 11 is 0. The highest BCUT2D eigenvalue weighted by Crippen LogP contribution is 2.27. The number of nitrogens with one attached hydrogen (secondary N) is 1. The molecule has 17 heavy (non-hydrogen) atoms. The van der Waals surface area contributed by atoms with E-state index in [9.17, 15) is 8.78 Å². The topological polar surface area (TPSA) is 12.0 Å². The molecule has 1 N–H and O–H groups in total. The van der Waals surface area contributed by atoms with E-state index in [1.807, 2.05) is 6.07 Å². The molecule has 1 aromatic rings. The first-order valence-electron chi connectivity index (χ1n) is 6.26. The zero-order valence-corrected chi connectivity index (χ0v) is 10.2. The largest absolute Gasteiger partial charge is 0.314 e. The first kappa shape index (κ1) is 12.5. The lowest BCUT2D eigenvalue weighted by atomic mass is 9.96. The van der Waals surface area contributed by atoms with Crippen LogP contribution < -0.4 is 5.32 Å². The smallest absolute Gasteiger partial charge is 0.270 e. The first-order valence-corrected chi connectivity index (χ1v) is 6.26. The molecule has 0 spiro atoms. The molecule has 0 saturated carbocycles. The fourth-order valence-electron chi connectivity index (χ4n) is 2.35. The number of halogens is 2. The van der Waals surface area contributed by atoms with Crippen molar-refractivity contribution in [2.24, 2.45) is 0 Å². The number of alkyl halides is 2. The highest BCUT2D eigenvalue weighted by molar-refractivity contribution is 5.27. The van der Waals surface area contributed by atoms with Gasteiger partial charge in [0.15, 0.2) is 0 Å². The molecule has 1 aliphatic rings. The van der Waals surface area contributed by atoms with E-state index in [1.165, 1.54) is 18.9 Å². The van der Waals surface area contributed by atoms with E-state index in [0.717, 1.165) is 31.9 Å². The van der Waals surface area contributed by atoms with Crippen molar-refractivity contribution in [1.82, 2.24) is 5.32 Å². The first-order chi connectivity index (χ1) is 8.05. The van der Waals surface area contributed by atoms with E-state index in [0.29, 0.717) is 6.04 Å². The average Bonchev–Trinajstić information content (AvgIpc) is 2.29. The van der Waals surface area contributed by atoms with Crippen LogP contribution in [0, 0.1) is 0 Å². The third-order valence-corrected chi connectivity index (χ3v) is 3.33. The maximum Gasteiger partial charge on any atom is 0.270 e. The zero-order chi connectivity index (χ0) is 12.3. The number of piperidine rings is 1. The molecule has 0 aromatic heterocycles. The minimum Gasteiger partial charge on any atom is -0.314 e. The summed E-state index contributed by atoms with van der Waals surface area (Å²) in [5, 5.41) is 3.44. The second kappa shape index (κ2) is 5.13. The van der Waals surface area contributed by atoms with E-state index >= 15 is 0 Å². The summed E-state index contributed by atoms with van der Waals surface area (Å²) in [6.07, 6.45) is 4.46. The SMILES string of the molecule is CC(F)(F)c1cccc(CC2CCCCN2)c1. The standard InChI is InChI=1S/C14H19F2N/c1-14(15,16)12-6-4-5-11(9-12)10-13-7-2-3-8-17-13/h4-6,9,13,17H,2-3,7-8,10H2,1H3. The molecular formula is C14H19F2N. The van der Waals surface area contributed by atoms with Crippen LogP contribution in [0.25, 0.3) is 0 Å². The number of rotatable bonds is 3. The van der Waals surface area contributed by atoms with Gasteiger partial charge in [-0.25, -0.2) is 8.78 Å². The molecule has 1 nitrogen and oxygen atoms in total. The van der Waals surface area contributed by atoms with E-state index in [-0.39, 0.29) is 5.56 Å². The number of hydrogen-bond donors (Lipinski definition) is 1. The summed E-state index contributed by atoms with van der Waals surface area (Å²) in [7, 11) is 0. The Kier molecular flexibility index (Phi) is 3.77. The Morgan fingerprint density at radius 1 is 1.35 bits per heavy atom. The molecule has 1 heterocycles. The normalized spacial score (nSPS) is 21.5. The van der Waals surface area contributed by atoms with E-state index < -0.39 is 5.92 Å². The molecule has 1 saturated heterocycles. The van der Waals surface area contributed by atoms with Crippen LogP contribution >= 0.6 is 0 Å². The molecule has 0 radical (unpaired) electrons. The molecular weight excluding hydrogens is 220 g/mol. The van der Waals surface area contributed by atoms with Gasteiger partial charge in [0.25, 0.3) is 5.92 Å². The highest BCUT2D eigenvalue weighted by Gasteiger charge is 2.24. The lowest BCUT2D eigenvalue weighted by molar-refractivity contribution is 0.0174. The summed E-state index contributed by atoms with van der Waals surface area (Å²) in [5.74, 6) is -2.74. The van der Waals surface area contributed by atoms with Gasteiger partial charge in [0.1, 0.15) is 0 Å². The van der Waals surface area contributed by atoms with Gasteiger partial charge in [-0.15, -0.1) is 0 Å². The van der Waals surface area contributed by atoms with Crippen molar-refractivity contribution in [3.63, 3.8) is 0 Å². The summed E-state index contributed by atoms with van der Waals surface area (Å²) in [6.45, 7) is 2.00. The molecule has 0 aliphatic carbocycles. The maximum absolute atomic E-state index is 13.2. The van der Waals surface area contributed by atoms with Crippen molar-refractivity contribution >= 4 is 0 Å². The molecule has 0 bridgehead atoms. The van der Waals surface area contributed by atoms with Crippen LogP contribution in [0.1, 0.15) is 37.3 Å². The third kappa shape index (κ3) is 3.50. The van der Waals surface area contributed by atoms with Gasteiger partial charge in [-0.1, -0.05) is 24.6 Å². The van der Waals surface area contributed by atoms with Gasteiger partial charge >= 0.3 is 0 Å². The van der Waals surface area contributed by atoms with Crippen molar-refractivity contribution in [3.05, 3.63) is 35.4 Å². The van der Waals surface area contributed by atoms with Gasteiger partial charge in [0.05, 0.1) is 0 Å². The summed E-state index contributed by atoms with van der Waals surface area (Å²) in [4.78, 5) is 0. The molecule has 0 amide bonds. The van der Waals surface area contributed by atoms with E-state index in [2.05, 4.69) is 5.32 Å².